The van der Waals surface area contributed by atoms with Crippen LogP contribution >= 0.6 is 23.4 Å². The molecule has 0 aliphatic carbocycles. The number of sulfonamides is 1. The molecule has 2 N–H and O–H groups in total. The number of hydrogen-bond acceptors (Lipinski definition) is 7. The number of nitrogens with zero attached hydrogens (tertiary/aromatic N) is 2. The third-order valence-electron chi connectivity index (χ3n) is 9.22. The van der Waals surface area contributed by atoms with Crippen LogP contribution in [0.1, 0.15) is 34.8 Å². The van der Waals surface area contributed by atoms with E-state index in [1.54, 1.807) is 42.1 Å². The van der Waals surface area contributed by atoms with E-state index >= 15 is 0 Å². The van der Waals surface area contributed by atoms with E-state index in [1.165, 1.54) is 16.0 Å². The fourth-order valence-electron chi connectivity index (χ4n) is 6.20. The van der Waals surface area contributed by atoms with Crippen molar-refractivity contribution in [2.45, 2.75) is 42.6 Å². The van der Waals surface area contributed by atoms with Gasteiger partial charge < -0.3 is 10.2 Å². The van der Waals surface area contributed by atoms with Crippen LogP contribution in [-0.4, -0.2) is 57.2 Å². The number of nitrogens with one attached hydrogen (secondary N) is 2. The summed E-state index contributed by atoms with van der Waals surface area (Å²) in [4.78, 5) is 19.1. The summed E-state index contributed by atoms with van der Waals surface area (Å²) in [6.45, 7) is 8.34. The van der Waals surface area contributed by atoms with Gasteiger partial charge in [-0.1, -0.05) is 73.1 Å². The first-order valence-electron chi connectivity index (χ1n) is 17.2. The molecular formula is C41H43ClN4O3S2. The minimum atomic E-state index is -4.07. The Hall–Kier alpha value is -4.28. The number of halogens is 1. The molecule has 0 spiro atoms. The number of hydrogen-bond donors (Lipinski definition) is 2. The molecule has 0 radical (unpaired) electrons. The van der Waals surface area contributed by atoms with Gasteiger partial charge in [0.1, 0.15) is 0 Å². The average Bonchev–Trinajstić information content (AvgIpc) is 3.15. The summed E-state index contributed by atoms with van der Waals surface area (Å²) in [5.41, 5.74) is 6.61. The number of piperazine rings is 1. The molecule has 1 saturated heterocycles. The summed E-state index contributed by atoms with van der Waals surface area (Å²) in [6.07, 6.45) is 0.922. The molecule has 0 saturated carbocycles. The van der Waals surface area contributed by atoms with E-state index in [1.807, 2.05) is 49.4 Å². The maximum absolute atomic E-state index is 13.2. The van der Waals surface area contributed by atoms with E-state index in [0.717, 1.165) is 72.4 Å². The fraction of sp³-hybridized carbons (Fsp3) is 0.244. The second kappa shape index (κ2) is 16.8. The summed E-state index contributed by atoms with van der Waals surface area (Å²) in [5, 5.41) is 4.28. The standard InChI is InChI=1S/C41H43ClN4O3S2/c1-3-35(29-50-37-10-5-4-6-11-37)43-40-22-21-38(27-30(40)2)51(48,49)44-41(47)32-15-19-36(20-16-32)46-25-23-45(24-26-46)28-33-9-7-8-12-39(33)31-13-17-34(42)18-14-31/h4-22,27,35,43H,3,23-26,28-29H2,1-2H3,(H,44,47)/t35-/m0/s1. The monoisotopic (exact) mass is 738 g/mol. The van der Waals surface area contributed by atoms with Crippen molar-refractivity contribution < 1.29 is 13.2 Å². The predicted octanol–water partition coefficient (Wildman–Crippen LogP) is 8.74. The Balaban J connectivity index is 1.01. The molecule has 51 heavy (non-hydrogen) atoms. The molecule has 1 aliphatic rings. The molecule has 5 aromatic carbocycles. The van der Waals surface area contributed by atoms with Gasteiger partial charge in [-0.15, -0.1) is 11.8 Å². The quantitative estimate of drug-likeness (QED) is 0.117. The van der Waals surface area contributed by atoms with Gasteiger partial charge in [-0.05, 0) is 102 Å². The van der Waals surface area contributed by atoms with E-state index in [-0.39, 0.29) is 16.5 Å². The molecule has 1 atom stereocenters. The van der Waals surface area contributed by atoms with Gasteiger partial charge in [-0.3, -0.25) is 9.69 Å². The minimum Gasteiger partial charge on any atom is -0.381 e. The Morgan fingerprint density at radius 1 is 0.843 bits per heavy atom. The molecule has 1 heterocycles. The van der Waals surface area contributed by atoms with Gasteiger partial charge in [0.2, 0.25) is 0 Å². The van der Waals surface area contributed by atoms with Crippen molar-refractivity contribution in [1.29, 1.82) is 0 Å². The molecule has 5 aromatic rings. The topological polar surface area (TPSA) is 81.8 Å². The first-order chi connectivity index (χ1) is 24.7. The number of rotatable bonds is 13. The molecule has 6 rings (SSSR count). The van der Waals surface area contributed by atoms with Crippen molar-refractivity contribution in [2.75, 3.05) is 42.1 Å². The predicted molar refractivity (Wildman–Crippen MR) is 212 cm³/mol. The first kappa shape index (κ1) is 36.5. The van der Waals surface area contributed by atoms with E-state index in [9.17, 15) is 13.2 Å². The number of benzene rings is 5. The van der Waals surface area contributed by atoms with Gasteiger partial charge in [-0.2, -0.15) is 0 Å². The molecule has 0 bridgehead atoms. The molecule has 1 amide bonds. The molecule has 0 aromatic heterocycles. The van der Waals surface area contributed by atoms with Gasteiger partial charge in [0, 0.05) is 71.4 Å². The lowest BCUT2D eigenvalue weighted by Crippen LogP contribution is -2.46. The normalized spacial score (nSPS) is 14.2. The summed E-state index contributed by atoms with van der Waals surface area (Å²) in [6, 6.07) is 39.0. The highest BCUT2D eigenvalue weighted by Crippen LogP contribution is 2.28. The highest BCUT2D eigenvalue weighted by atomic mass is 35.5. The smallest absolute Gasteiger partial charge is 0.264 e. The van der Waals surface area contributed by atoms with Gasteiger partial charge in [0.15, 0.2) is 0 Å². The second-order valence-electron chi connectivity index (χ2n) is 12.8. The average molecular weight is 739 g/mol. The van der Waals surface area contributed by atoms with Crippen molar-refractivity contribution in [3.63, 3.8) is 0 Å². The van der Waals surface area contributed by atoms with Crippen molar-refractivity contribution >= 4 is 50.7 Å². The lowest BCUT2D eigenvalue weighted by Gasteiger charge is -2.36. The zero-order valence-corrected chi connectivity index (χ0v) is 31.3. The molecule has 1 aliphatic heterocycles. The zero-order chi connectivity index (χ0) is 35.8. The summed E-state index contributed by atoms with van der Waals surface area (Å²) in [7, 11) is -4.07. The minimum absolute atomic E-state index is 0.0517. The number of aryl methyl sites for hydroxylation is 1. The van der Waals surface area contributed by atoms with Crippen LogP contribution in [0, 0.1) is 6.92 Å². The third kappa shape index (κ3) is 9.54. The fourth-order valence-corrected chi connectivity index (χ4v) is 8.45. The SMILES string of the molecule is CC[C@@H](CSc1ccccc1)Nc1ccc(S(=O)(=O)NC(=O)c2ccc(N3CCN(Cc4ccccc4-c4ccc(Cl)cc4)CC3)cc2)cc1C. The highest BCUT2D eigenvalue weighted by molar-refractivity contribution is 7.99. The highest BCUT2D eigenvalue weighted by Gasteiger charge is 2.22. The molecule has 264 valence electrons. The van der Waals surface area contributed by atoms with Crippen LogP contribution in [0.4, 0.5) is 11.4 Å². The Morgan fingerprint density at radius 2 is 1.53 bits per heavy atom. The Bertz CT molecular complexity index is 2030. The summed E-state index contributed by atoms with van der Waals surface area (Å²) < 4.78 is 28.7. The van der Waals surface area contributed by atoms with Crippen LogP contribution < -0.4 is 14.9 Å². The first-order valence-corrected chi connectivity index (χ1v) is 20.1. The molecule has 0 unspecified atom stereocenters. The Kier molecular flexibility index (Phi) is 12.0. The third-order valence-corrected chi connectivity index (χ3v) is 12.0. The van der Waals surface area contributed by atoms with Gasteiger partial charge in [0.25, 0.3) is 15.9 Å². The van der Waals surface area contributed by atoms with Gasteiger partial charge in [-0.25, -0.2) is 13.1 Å². The molecule has 7 nitrogen and oxygen atoms in total. The van der Waals surface area contributed by atoms with Crippen LogP contribution in [0.15, 0.2) is 131 Å². The number of carbonyl (C=O) groups is 1. The van der Waals surface area contributed by atoms with E-state index in [4.69, 9.17) is 11.6 Å². The lowest BCUT2D eigenvalue weighted by molar-refractivity contribution is 0.0981. The second-order valence-corrected chi connectivity index (χ2v) is 16.0. The van der Waals surface area contributed by atoms with Crippen LogP contribution in [-0.2, 0) is 16.6 Å². The Morgan fingerprint density at radius 3 is 2.22 bits per heavy atom. The molecule has 1 fully saturated rings. The van der Waals surface area contributed by atoms with Crippen LogP contribution in [0.5, 0.6) is 0 Å². The van der Waals surface area contributed by atoms with Crippen molar-refractivity contribution in [1.82, 2.24) is 9.62 Å². The molecule has 10 heteroatoms. The van der Waals surface area contributed by atoms with Crippen LogP contribution in [0.3, 0.4) is 0 Å². The maximum Gasteiger partial charge on any atom is 0.264 e. The Labute approximate surface area is 311 Å². The number of anilines is 2. The summed E-state index contributed by atoms with van der Waals surface area (Å²) in [5.74, 6) is 0.223. The lowest BCUT2D eigenvalue weighted by atomic mass is 9.99. The van der Waals surface area contributed by atoms with E-state index in [2.05, 4.69) is 75.3 Å². The van der Waals surface area contributed by atoms with Gasteiger partial charge in [0.05, 0.1) is 4.90 Å². The van der Waals surface area contributed by atoms with Crippen molar-refractivity contribution in [3.05, 3.63) is 143 Å². The summed E-state index contributed by atoms with van der Waals surface area (Å²) >= 11 is 7.90. The van der Waals surface area contributed by atoms with Crippen molar-refractivity contribution in [2.24, 2.45) is 0 Å². The number of amides is 1. The van der Waals surface area contributed by atoms with E-state index in [0.29, 0.717) is 0 Å². The van der Waals surface area contributed by atoms with Crippen molar-refractivity contribution in [3.8, 4) is 11.1 Å². The number of thioether (sulfide) groups is 1. The van der Waals surface area contributed by atoms with Crippen LogP contribution in [0.2, 0.25) is 5.02 Å². The largest absolute Gasteiger partial charge is 0.381 e. The maximum atomic E-state index is 13.2. The van der Waals surface area contributed by atoms with Crippen LogP contribution in [0.25, 0.3) is 11.1 Å². The molecular weight excluding hydrogens is 696 g/mol. The number of carbonyl (C=O) groups excluding carboxylic acids is 1. The van der Waals surface area contributed by atoms with Gasteiger partial charge >= 0.3 is 0 Å². The van der Waals surface area contributed by atoms with E-state index < -0.39 is 15.9 Å². The zero-order valence-electron chi connectivity index (χ0n) is 28.9.